The molecule has 3 aliphatic rings. The molecule has 2 unspecified atom stereocenters. The van der Waals surface area contributed by atoms with Gasteiger partial charge in [-0.25, -0.2) is 0 Å². The first kappa shape index (κ1) is 14.8. The van der Waals surface area contributed by atoms with E-state index in [1.165, 1.54) is 64.3 Å². The van der Waals surface area contributed by atoms with E-state index >= 15 is 0 Å². The molecule has 0 amide bonds. The van der Waals surface area contributed by atoms with E-state index in [9.17, 15) is 0 Å². The molecule has 0 bridgehead atoms. The number of nitrogens with zero attached hydrogens (tertiary/aromatic N) is 1. The summed E-state index contributed by atoms with van der Waals surface area (Å²) in [6.45, 7) is 8.07. The molecule has 0 aromatic heterocycles. The number of hydrogen-bond donors (Lipinski definition) is 0. The van der Waals surface area contributed by atoms with Crippen LogP contribution in [0.15, 0.2) is 0 Å². The van der Waals surface area contributed by atoms with Crippen molar-refractivity contribution in [3.63, 3.8) is 0 Å². The molecule has 1 spiro atoms. The number of fused-ring (bicyclic) bond motifs is 2. The van der Waals surface area contributed by atoms with Crippen molar-refractivity contribution < 1.29 is 4.74 Å². The van der Waals surface area contributed by atoms with Gasteiger partial charge in [0.15, 0.2) is 0 Å². The minimum absolute atomic E-state index is 0.413. The van der Waals surface area contributed by atoms with Crippen LogP contribution in [0.2, 0.25) is 0 Å². The number of hydrogen-bond acceptors (Lipinski definition) is 2. The molecule has 2 nitrogen and oxygen atoms in total. The van der Waals surface area contributed by atoms with E-state index in [1.807, 2.05) is 0 Å². The van der Waals surface area contributed by atoms with Crippen molar-refractivity contribution in [3.8, 4) is 0 Å². The highest BCUT2D eigenvalue weighted by atomic mass is 16.5. The predicted octanol–water partition coefficient (Wildman–Crippen LogP) is 4.24. The Labute approximate surface area is 125 Å². The molecular formula is C18H33NO. The molecule has 2 aliphatic heterocycles. The monoisotopic (exact) mass is 279 g/mol. The third-order valence-electron chi connectivity index (χ3n) is 6.24. The van der Waals surface area contributed by atoms with Crippen LogP contribution in [0.25, 0.3) is 0 Å². The van der Waals surface area contributed by atoms with Crippen LogP contribution in [0.3, 0.4) is 0 Å². The molecule has 3 rings (SSSR count). The fourth-order valence-electron chi connectivity index (χ4n) is 5.17. The Morgan fingerprint density at radius 3 is 2.15 bits per heavy atom. The smallest absolute Gasteiger partial charge is 0.0711 e. The van der Waals surface area contributed by atoms with E-state index in [1.54, 1.807) is 0 Å². The van der Waals surface area contributed by atoms with Gasteiger partial charge in [0, 0.05) is 6.04 Å². The molecule has 2 heteroatoms. The number of rotatable bonds is 1. The van der Waals surface area contributed by atoms with Crippen molar-refractivity contribution in [2.24, 2.45) is 11.8 Å². The highest BCUT2D eigenvalue weighted by molar-refractivity contribution is 5.07. The summed E-state index contributed by atoms with van der Waals surface area (Å²) in [6.07, 6.45) is 13.2. The van der Waals surface area contributed by atoms with Crippen molar-refractivity contribution in [1.29, 1.82) is 0 Å². The van der Waals surface area contributed by atoms with Gasteiger partial charge in [-0.3, -0.25) is 4.90 Å². The maximum absolute atomic E-state index is 5.73. The van der Waals surface area contributed by atoms with E-state index in [0.717, 1.165) is 25.0 Å². The first-order chi connectivity index (χ1) is 9.74. The molecule has 2 saturated heterocycles. The Hall–Kier alpha value is -0.0800. The van der Waals surface area contributed by atoms with Gasteiger partial charge in [0.05, 0.1) is 18.8 Å². The van der Waals surface area contributed by atoms with Gasteiger partial charge < -0.3 is 4.74 Å². The van der Waals surface area contributed by atoms with E-state index in [0.29, 0.717) is 11.6 Å². The number of ether oxygens (including phenoxy) is 1. The Kier molecular flexibility index (Phi) is 4.72. The molecule has 0 radical (unpaired) electrons. The normalized spacial score (nSPS) is 35.5. The summed E-state index contributed by atoms with van der Waals surface area (Å²) in [7, 11) is 0. The van der Waals surface area contributed by atoms with Crippen molar-refractivity contribution in [2.45, 2.75) is 83.2 Å². The highest BCUT2D eigenvalue weighted by Gasteiger charge is 2.54. The zero-order chi connectivity index (χ0) is 14.0. The third kappa shape index (κ3) is 2.66. The maximum atomic E-state index is 5.73. The standard InChI is InChI=1S/C18H33NO/c1-15(2)19-12-11-16-9-7-5-3-4-6-8-10-17(16)18(19)13-20-14-18/h15-17H,3-14H2,1-2H3. The molecule has 1 saturated carbocycles. The summed E-state index contributed by atoms with van der Waals surface area (Å²) in [5, 5.41) is 0. The fourth-order valence-corrected chi connectivity index (χ4v) is 5.17. The van der Waals surface area contributed by atoms with Gasteiger partial charge in [0.1, 0.15) is 0 Å². The Bertz CT molecular complexity index is 311. The lowest BCUT2D eigenvalue weighted by Crippen LogP contribution is -2.71. The molecule has 0 aromatic carbocycles. The molecule has 2 heterocycles. The third-order valence-corrected chi connectivity index (χ3v) is 6.24. The van der Waals surface area contributed by atoms with Crippen molar-refractivity contribution in [3.05, 3.63) is 0 Å². The van der Waals surface area contributed by atoms with Crippen LogP contribution in [-0.4, -0.2) is 36.2 Å². The Morgan fingerprint density at radius 1 is 0.900 bits per heavy atom. The van der Waals surface area contributed by atoms with Crippen LogP contribution in [-0.2, 0) is 4.74 Å². The second-order valence-electron chi connectivity index (χ2n) is 7.74. The van der Waals surface area contributed by atoms with Gasteiger partial charge >= 0.3 is 0 Å². The maximum Gasteiger partial charge on any atom is 0.0711 e. The van der Waals surface area contributed by atoms with Crippen molar-refractivity contribution >= 4 is 0 Å². The van der Waals surface area contributed by atoms with Gasteiger partial charge in [0.25, 0.3) is 0 Å². The molecule has 0 aromatic rings. The summed E-state index contributed by atoms with van der Waals surface area (Å²) >= 11 is 0. The van der Waals surface area contributed by atoms with Crippen LogP contribution in [0.4, 0.5) is 0 Å². The minimum atomic E-state index is 0.413. The van der Waals surface area contributed by atoms with E-state index in [2.05, 4.69) is 18.7 Å². The Balaban J connectivity index is 1.77. The van der Waals surface area contributed by atoms with Gasteiger partial charge in [-0.1, -0.05) is 44.9 Å². The van der Waals surface area contributed by atoms with Crippen LogP contribution < -0.4 is 0 Å². The first-order valence-electron chi connectivity index (χ1n) is 9.08. The SMILES string of the molecule is CC(C)N1CCC2CCCCCCCCC2C12COC2. The Morgan fingerprint density at radius 2 is 1.55 bits per heavy atom. The van der Waals surface area contributed by atoms with Crippen LogP contribution in [0.1, 0.15) is 71.6 Å². The van der Waals surface area contributed by atoms with Gasteiger partial charge in [0.2, 0.25) is 0 Å². The second-order valence-corrected chi connectivity index (χ2v) is 7.74. The van der Waals surface area contributed by atoms with Gasteiger partial charge in [-0.2, -0.15) is 0 Å². The molecular weight excluding hydrogens is 246 g/mol. The highest BCUT2D eigenvalue weighted by Crippen LogP contribution is 2.47. The summed E-state index contributed by atoms with van der Waals surface area (Å²) < 4.78 is 5.73. The molecule has 116 valence electrons. The molecule has 3 fully saturated rings. The largest absolute Gasteiger partial charge is 0.377 e. The van der Waals surface area contributed by atoms with Crippen molar-refractivity contribution in [2.75, 3.05) is 19.8 Å². The topological polar surface area (TPSA) is 12.5 Å². The van der Waals surface area contributed by atoms with Gasteiger partial charge in [-0.15, -0.1) is 0 Å². The minimum Gasteiger partial charge on any atom is -0.377 e. The lowest BCUT2D eigenvalue weighted by molar-refractivity contribution is -0.208. The lowest BCUT2D eigenvalue weighted by Gasteiger charge is -2.61. The average molecular weight is 279 g/mol. The number of piperidine rings is 1. The van der Waals surface area contributed by atoms with E-state index < -0.39 is 0 Å². The summed E-state index contributed by atoms with van der Waals surface area (Å²) in [5.41, 5.74) is 0.413. The second kappa shape index (κ2) is 6.36. The fraction of sp³-hybridized carbons (Fsp3) is 1.00. The zero-order valence-electron chi connectivity index (χ0n) is 13.6. The molecule has 20 heavy (non-hydrogen) atoms. The molecule has 1 aliphatic carbocycles. The first-order valence-corrected chi connectivity index (χ1v) is 9.08. The van der Waals surface area contributed by atoms with Crippen molar-refractivity contribution in [1.82, 2.24) is 4.90 Å². The van der Waals surface area contributed by atoms with Crippen LogP contribution in [0.5, 0.6) is 0 Å². The van der Waals surface area contributed by atoms with Crippen LogP contribution >= 0.6 is 0 Å². The molecule has 2 atom stereocenters. The number of likely N-dealkylation sites (tertiary alicyclic amines) is 1. The van der Waals surface area contributed by atoms with E-state index in [4.69, 9.17) is 4.74 Å². The summed E-state index contributed by atoms with van der Waals surface area (Å²) in [5.74, 6) is 1.89. The zero-order valence-corrected chi connectivity index (χ0v) is 13.6. The van der Waals surface area contributed by atoms with E-state index in [-0.39, 0.29) is 0 Å². The quantitative estimate of drug-likeness (QED) is 0.712. The summed E-state index contributed by atoms with van der Waals surface area (Å²) in [4.78, 5) is 2.80. The average Bonchev–Trinajstić information content (AvgIpc) is 2.40. The molecule has 0 N–H and O–H groups in total. The van der Waals surface area contributed by atoms with Gasteiger partial charge in [-0.05, 0) is 45.1 Å². The lowest BCUT2D eigenvalue weighted by atomic mass is 9.65. The summed E-state index contributed by atoms with van der Waals surface area (Å²) in [6, 6.07) is 0.676. The van der Waals surface area contributed by atoms with Crippen LogP contribution in [0, 0.1) is 11.8 Å². The predicted molar refractivity (Wildman–Crippen MR) is 83.9 cm³/mol.